The van der Waals surface area contributed by atoms with Gasteiger partial charge in [-0.05, 0) is 106 Å². The van der Waals surface area contributed by atoms with E-state index in [1.165, 1.54) is 20.9 Å². The summed E-state index contributed by atoms with van der Waals surface area (Å²) in [6, 6.07) is 34.7. The maximum Gasteiger partial charge on any atom is 0.193 e. The SMILES string of the molecule is O=C(c1ccccc1)c1ccc(S2=CC=C(C3=CC=S(c4ccc(C(=O)c5ccccc5)cc4)C=C3)C=C2)cc1. The van der Waals surface area contributed by atoms with Crippen LogP contribution < -0.4 is 0 Å². The molecule has 4 heteroatoms. The number of ketones is 2. The molecule has 0 N–H and O–H groups in total. The Balaban J connectivity index is 1.13. The lowest BCUT2D eigenvalue weighted by Crippen LogP contribution is -2.00. The molecule has 4 aromatic carbocycles. The van der Waals surface area contributed by atoms with Gasteiger partial charge in [-0.1, -0.05) is 60.7 Å². The Morgan fingerprint density at radius 2 is 0.775 bits per heavy atom. The molecule has 2 atom stereocenters. The Kier molecular flexibility index (Phi) is 7.62. The van der Waals surface area contributed by atoms with Crippen LogP contribution in [0, 0.1) is 0 Å². The Morgan fingerprint density at radius 1 is 0.425 bits per heavy atom. The van der Waals surface area contributed by atoms with E-state index in [0.717, 1.165) is 0 Å². The van der Waals surface area contributed by atoms with Gasteiger partial charge in [0, 0.05) is 32.0 Å². The Bertz CT molecular complexity index is 1630. The molecule has 0 radical (unpaired) electrons. The highest BCUT2D eigenvalue weighted by molar-refractivity contribution is 8.18. The van der Waals surface area contributed by atoms with Crippen LogP contribution in [-0.2, 0) is 0 Å². The molecule has 2 aliphatic heterocycles. The first-order valence-electron chi connectivity index (χ1n) is 13.0. The molecule has 6 rings (SSSR count). The second-order valence-electron chi connectivity index (χ2n) is 9.30. The molecule has 0 aliphatic carbocycles. The fourth-order valence-corrected chi connectivity index (χ4v) is 7.41. The van der Waals surface area contributed by atoms with E-state index in [0.29, 0.717) is 22.3 Å². The highest BCUT2D eigenvalue weighted by Crippen LogP contribution is 2.35. The fourth-order valence-electron chi connectivity index (χ4n) is 4.53. The first kappa shape index (κ1) is 25.9. The molecular formula is C36H26O2S2. The zero-order valence-corrected chi connectivity index (χ0v) is 23.3. The average molecular weight is 555 g/mol. The molecule has 0 saturated heterocycles. The van der Waals surface area contributed by atoms with Crippen LogP contribution in [0.15, 0.2) is 165 Å². The molecule has 2 aliphatic rings. The third-order valence-electron chi connectivity index (χ3n) is 6.76. The Labute approximate surface area is 239 Å². The molecule has 0 fully saturated rings. The topological polar surface area (TPSA) is 34.1 Å². The number of benzene rings is 4. The van der Waals surface area contributed by atoms with E-state index in [9.17, 15) is 9.59 Å². The maximum absolute atomic E-state index is 12.7. The van der Waals surface area contributed by atoms with Crippen LogP contribution in [0.25, 0.3) is 0 Å². The van der Waals surface area contributed by atoms with Crippen molar-refractivity contribution in [3.8, 4) is 0 Å². The van der Waals surface area contributed by atoms with E-state index in [-0.39, 0.29) is 32.5 Å². The molecule has 194 valence electrons. The van der Waals surface area contributed by atoms with Crippen LogP contribution in [0.4, 0.5) is 0 Å². The second kappa shape index (κ2) is 11.8. The lowest BCUT2D eigenvalue weighted by Gasteiger charge is -2.14. The van der Waals surface area contributed by atoms with E-state index in [2.05, 4.69) is 70.1 Å². The average Bonchev–Trinajstić information content (AvgIpc) is 3.05. The minimum Gasteiger partial charge on any atom is -0.289 e. The second-order valence-corrected chi connectivity index (χ2v) is 12.8. The molecular weight excluding hydrogens is 529 g/mol. The Hall–Kier alpha value is -4.38. The van der Waals surface area contributed by atoms with E-state index >= 15 is 0 Å². The van der Waals surface area contributed by atoms with Gasteiger partial charge in [0.1, 0.15) is 0 Å². The zero-order valence-electron chi connectivity index (χ0n) is 21.6. The third-order valence-corrected chi connectivity index (χ3v) is 10.1. The highest BCUT2D eigenvalue weighted by Gasteiger charge is 2.12. The van der Waals surface area contributed by atoms with Crippen LogP contribution in [0.1, 0.15) is 31.8 Å². The van der Waals surface area contributed by atoms with Gasteiger partial charge in [-0.15, -0.1) is 21.0 Å². The molecule has 40 heavy (non-hydrogen) atoms. The predicted octanol–water partition coefficient (Wildman–Crippen LogP) is 8.62. The largest absolute Gasteiger partial charge is 0.289 e. The first-order valence-corrected chi connectivity index (χ1v) is 15.7. The highest BCUT2D eigenvalue weighted by atomic mass is 32.2. The fraction of sp³-hybridized carbons (Fsp3) is 0. The monoisotopic (exact) mass is 554 g/mol. The van der Waals surface area contributed by atoms with Gasteiger partial charge in [0.05, 0.1) is 0 Å². The Morgan fingerprint density at radius 3 is 1.10 bits per heavy atom. The predicted molar refractivity (Wildman–Crippen MR) is 171 cm³/mol. The molecule has 0 spiro atoms. The molecule has 2 nitrogen and oxygen atoms in total. The van der Waals surface area contributed by atoms with E-state index in [1.807, 2.05) is 84.9 Å². The van der Waals surface area contributed by atoms with Crippen LogP contribution in [0.5, 0.6) is 0 Å². The summed E-state index contributed by atoms with van der Waals surface area (Å²) in [5, 5.41) is 8.92. The van der Waals surface area contributed by atoms with Crippen molar-refractivity contribution in [1.82, 2.24) is 0 Å². The zero-order chi connectivity index (χ0) is 27.3. The van der Waals surface area contributed by atoms with E-state index in [1.54, 1.807) is 0 Å². The summed E-state index contributed by atoms with van der Waals surface area (Å²) in [5.74, 6) is 0.0902. The summed E-state index contributed by atoms with van der Waals surface area (Å²) >= 11 is 0. The molecule has 0 amide bonds. The van der Waals surface area contributed by atoms with Gasteiger partial charge in [-0.25, -0.2) is 0 Å². The lowest BCUT2D eigenvalue weighted by molar-refractivity contribution is 0.103. The van der Waals surface area contributed by atoms with Crippen molar-refractivity contribution in [3.63, 3.8) is 0 Å². The van der Waals surface area contributed by atoms with E-state index < -0.39 is 0 Å². The maximum atomic E-state index is 12.7. The normalized spacial score (nSPS) is 17.7. The van der Waals surface area contributed by atoms with Crippen molar-refractivity contribution in [2.24, 2.45) is 0 Å². The van der Waals surface area contributed by atoms with Crippen LogP contribution in [-0.4, -0.2) is 22.3 Å². The smallest absolute Gasteiger partial charge is 0.193 e. The standard InChI is InChI=1S/C36H26O2S2/c37-35(29-7-3-1-4-8-29)31-11-15-33(16-12-31)39-23-19-27(20-24-39)28-21-25-40(26-22-28)34-17-13-32(14-18-34)36(38)30-9-5-2-6-10-30/h1-26H. The van der Waals surface area contributed by atoms with Crippen LogP contribution in [0.2, 0.25) is 0 Å². The summed E-state index contributed by atoms with van der Waals surface area (Å²) in [5.41, 5.74) is 5.18. The van der Waals surface area contributed by atoms with Gasteiger partial charge in [0.15, 0.2) is 11.6 Å². The van der Waals surface area contributed by atoms with Gasteiger partial charge in [0.25, 0.3) is 0 Å². The van der Waals surface area contributed by atoms with E-state index in [4.69, 9.17) is 0 Å². The van der Waals surface area contributed by atoms with Gasteiger partial charge in [-0.2, -0.15) is 0 Å². The van der Waals surface area contributed by atoms with Crippen molar-refractivity contribution in [2.75, 3.05) is 0 Å². The van der Waals surface area contributed by atoms with Gasteiger partial charge in [0.2, 0.25) is 0 Å². The number of hydrogen-bond acceptors (Lipinski definition) is 2. The molecule has 0 bridgehead atoms. The summed E-state index contributed by atoms with van der Waals surface area (Å²) in [6.45, 7) is 0. The number of allylic oxidation sites excluding steroid dienone is 6. The first-order chi connectivity index (χ1) is 19.7. The number of carbonyl (C=O) groups excluding carboxylic acids is 2. The van der Waals surface area contributed by atoms with Gasteiger partial charge < -0.3 is 0 Å². The minimum atomic E-state index is -0.137. The lowest BCUT2D eigenvalue weighted by atomic mass is 10.0. The number of hydrogen-bond donors (Lipinski definition) is 0. The van der Waals surface area contributed by atoms with Crippen molar-refractivity contribution >= 4 is 43.3 Å². The van der Waals surface area contributed by atoms with Crippen LogP contribution >= 0.6 is 21.0 Å². The molecule has 2 unspecified atom stereocenters. The molecule has 0 aromatic heterocycles. The third kappa shape index (κ3) is 5.64. The number of carbonyl (C=O) groups is 2. The van der Waals surface area contributed by atoms with Crippen LogP contribution in [0.3, 0.4) is 0 Å². The summed E-state index contributed by atoms with van der Waals surface area (Å²) in [6.07, 6.45) is 8.74. The molecule has 4 aromatic rings. The molecule has 2 heterocycles. The van der Waals surface area contributed by atoms with Crippen molar-refractivity contribution in [2.45, 2.75) is 9.79 Å². The summed E-state index contributed by atoms with van der Waals surface area (Å²) in [7, 11) is -0.273. The van der Waals surface area contributed by atoms with Gasteiger partial charge >= 0.3 is 0 Å². The number of rotatable bonds is 7. The van der Waals surface area contributed by atoms with Gasteiger partial charge in [-0.3, -0.25) is 9.59 Å². The molecule has 0 saturated carbocycles. The quantitative estimate of drug-likeness (QED) is 0.169. The van der Waals surface area contributed by atoms with Crippen molar-refractivity contribution < 1.29 is 9.59 Å². The van der Waals surface area contributed by atoms with Crippen molar-refractivity contribution in [3.05, 3.63) is 178 Å². The minimum absolute atomic E-state index is 0.0451. The summed E-state index contributed by atoms with van der Waals surface area (Å²) < 4.78 is 0. The summed E-state index contributed by atoms with van der Waals surface area (Å²) in [4.78, 5) is 27.8. The van der Waals surface area contributed by atoms with Crippen molar-refractivity contribution in [1.29, 1.82) is 0 Å².